The van der Waals surface area contributed by atoms with Crippen LogP contribution < -0.4 is 10.2 Å². The van der Waals surface area contributed by atoms with Gasteiger partial charge in [-0.3, -0.25) is 0 Å². The minimum absolute atomic E-state index is 1.04. The molecule has 0 atom stereocenters. The van der Waals surface area contributed by atoms with E-state index in [2.05, 4.69) is 198 Å². The van der Waals surface area contributed by atoms with E-state index in [0.717, 1.165) is 39.4 Å². The molecule has 0 aromatic heterocycles. The quantitative estimate of drug-likeness (QED) is 0.199. The number of anilines is 5. The van der Waals surface area contributed by atoms with Gasteiger partial charge in [0.15, 0.2) is 0 Å². The highest BCUT2D eigenvalue weighted by Gasteiger charge is 2.16. The Labute approximate surface area is 269 Å². The van der Waals surface area contributed by atoms with Gasteiger partial charge in [0.1, 0.15) is 0 Å². The van der Waals surface area contributed by atoms with Crippen LogP contribution in [0.4, 0.5) is 28.4 Å². The standard InChI is InChI=1S/C44H32N2/c1-4-13-34(14-5-1)42-29-25-35-24-28-41(46(39-16-6-2-7-17-39)40-18-8-3-9-19-40)31-43(35)44(42)45-38-26-22-33(23-27-38)37-21-20-32-12-10-11-15-36(32)30-37/h1-31,45H. The van der Waals surface area contributed by atoms with Crippen LogP contribution in [0, 0.1) is 0 Å². The van der Waals surface area contributed by atoms with Crippen molar-refractivity contribution < 1.29 is 0 Å². The second-order valence-corrected chi connectivity index (χ2v) is 11.5. The fourth-order valence-corrected chi connectivity index (χ4v) is 6.30. The second kappa shape index (κ2) is 12.1. The summed E-state index contributed by atoms with van der Waals surface area (Å²) in [5.74, 6) is 0. The van der Waals surface area contributed by atoms with Crippen molar-refractivity contribution in [3.05, 3.63) is 188 Å². The van der Waals surface area contributed by atoms with E-state index in [0.29, 0.717) is 0 Å². The van der Waals surface area contributed by atoms with Crippen molar-refractivity contribution in [2.24, 2.45) is 0 Å². The molecule has 0 radical (unpaired) electrons. The largest absolute Gasteiger partial charge is 0.355 e. The molecule has 0 aliphatic rings. The van der Waals surface area contributed by atoms with E-state index in [1.165, 1.54) is 32.8 Å². The molecule has 46 heavy (non-hydrogen) atoms. The van der Waals surface area contributed by atoms with Gasteiger partial charge >= 0.3 is 0 Å². The Morgan fingerprint density at radius 2 is 0.913 bits per heavy atom. The maximum atomic E-state index is 3.85. The molecule has 0 saturated carbocycles. The molecule has 2 nitrogen and oxygen atoms in total. The number of benzene rings is 8. The van der Waals surface area contributed by atoms with Gasteiger partial charge < -0.3 is 10.2 Å². The van der Waals surface area contributed by atoms with Crippen molar-refractivity contribution in [2.45, 2.75) is 0 Å². The predicted octanol–water partition coefficient (Wildman–Crippen LogP) is 12.5. The number of hydrogen-bond donors (Lipinski definition) is 1. The van der Waals surface area contributed by atoms with E-state index in [9.17, 15) is 0 Å². The van der Waals surface area contributed by atoms with E-state index in [1.807, 2.05) is 0 Å². The average Bonchev–Trinajstić information content (AvgIpc) is 3.13. The zero-order valence-corrected chi connectivity index (χ0v) is 25.3. The summed E-state index contributed by atoms with van der Waals surface area (Å²) in [6, 6.07) is 66.9. The molecule has 0 heterocycles. The van der Waals surface area contributed by atoms with Crippen molar-refractivity contribution in [1.29, 1.82) is 0 Å². The molecular weight excluding hydrogens is 556 g/mol. The lowest BCUT2D eigenvalue weighted by molar-refractivity contribution is 1.29. The number of nitrogens with zero attached hydrogens (tertiary/aromatic N) is 1. The van der Waals surface area contributed by atoms with E-state index in [4.69, 9.17) is 0 Å². The normalized spacial score (nSPS) is 11.0. The summed E-state index contributed by atoms with van der Waals surface area (Å²) >= 11 is 0. The fourth-order valence-electron chi connectivity index (χ4n) is 6.30. The van der Waals surface area contributed by atoms with Crippen molar-refractivity contribution in [3.8, 4) is 22.3 Å². The average molecular weight is 589 g/mol. The molecule has 8 aromatic carbocycles. The van der Waals surface area contributed by atoms with Crippen LogP contribution >= 0.6 is 0 Å². The molecule has 0 bridgehead atoms. The van der Waals surface area contributed by atoms with Gasteiger partial charge in [-0.2, -0.15) is 0 Å². The summed E-state index contributed by atoms with van der Waals surface area (Å²) in [5, 5.41) is 8.70. The molecule has 1 N–H and O–H groups in total. The van der Waals surface area contributed by atoms with Gasteiger partial charge in [-0.05, 0) is 87.4 Å². The van der Waals surface area contributed by atoms with Crippen LogP contribution in [0.3, 0.4) is 0 Å². The molecule has 0 fully saturated rings. The number of hydrogen-bond acceptors (Lipinski definition) is 2. The molecule has 0 amide bonds. The molecule has 0 aliphatic carbocycles. The van der Waals surface area contributed by atoms with Crippen LogP contribution in [0.2, 0.25) is 0 Å². The molecular formula is C44H32N2. The van der Waals surface area contributed by atoms with Gasteiger partial charge in [0, 0.05) is 33.7 Å². The highest BCUT2D eigenvalue weighted by molar-refractivity contribution is 6.05. The maximum absolute atomic E-state index is 3.85. The summed E-state index contributed by atoms with van der Waals surface area (Å²) in [6.45, 7) is 0. The summed E-state index contributed by atoms with van der Waals surface area (Å²) in [6.07, 6.45) is 0. The Hall–Kier alpha value is -6.12. The Kier molecular flexibility index (Phi) is 7.22. The monoisotopic (exact) mass is 588 g/mol. The minimum Gasteiger partial charge on any atom is -0.355 e. The van der Waals surface area contributed by atoms with Crippen LogP contribution in [0.25, 0.3) is 43.8 Å². The first kappa shape index (κ1) is 27.4. The second-order valence-electron chi connectivity index (χ2n) is 11.5. The smallest absolute Gasteiger partial charge is 0.0544 e. The Morgan fingerprint density at radius 3 is 1.61 bits per heavy atom. The van der Waals surface area contributed by atoms with Gasteiger partial charge in [0.05, 0.1) is 5.69 Å². The zero-order chi connectivity index (χ0) is 30.7. The van der Waals surface area contributed by atoms with Crippen molar-refractivity contribution in [1.82, 2.24) is 0 Å². The Bertz CT molecular complexity index is 2220. The Morgan fingerprint density at radius 1 is 0.348 bits per heavy atom. The van der Waals surface area contributed by atoms with E-state index < -0.39 is 0 Å². The molecule has 0 unspecified atom stereocenters. The topological polar surface area (TPSA) is 15.3 Å². The number of fused-ring (bicyclic) bond motifs is 2. The zero-order valence-electron chi connectivity index (χ0n) is 25.3. The first-order valence-electron chi connectivity index (χ1n) is 15.7. The maximum Gasteiger partial charge on any atom is 0.0544 e. The van der Waals surface area contributed by atoms with Crippen LogP contribution in [-0.2, 0) is 0 Å². The lowest BCUT2D eigenvalue weighted by Crippen LogP contribution is -2.09. The van der Waals surface area contributed by atoms with Gasteiger partial charge in [0.25, 0.3) is 0 Å². The van der Waals surface area contributed by atoms with Crippen LogP contribution in [0.5, 0.6) is 0 Å². The molecule has 0 saturated heterocycles. The van der Waals surface area contributed by atoms with Crippen LogP contribution in [0.1, 0.15) is 0 Å². The predicted molar refractivity (Wildman–Crippen MR) is 197 cm³/mol. The van der Waals surface area contributed by atoms with E-state index >= 15 is 0 Å². The third-order valence-corrected chi connectivity index (χ3v) is 8.61. The molecule has 0 spiro atoms. The molecule has 2 heteroatoms. The van der Waals surface area contributed by atoms with Crippen LogP contribution in [0.15, 0.2) is 188 Å². The third-order valence-electron chi connectivity index (χ3n) is 8.61. The van der Waals surface area contributed by atoms with Crippen molar-refractivity contribution in [2.75, 3.05) is 10.2 Å². The molecule has 8 aromatic rings. The molecule has 0 aliphatic heterocycles. The lowest BCUT2D eigenvalue weighted by Gasteiger charge is -2.26. The number of nitrogens with one attached hydrogen (secondary N) is 1. The Balaban J connectivity index is 1.24. The molecule has 218 valence electrons. The first-order valence-corrected chi connectivity index (χ1v) is 15.7. The molecule has 8 rings (SSSR count). The van der Waals surface area contributed by atoms with E-state index in [-0.39, 0.29) is 0 Å². The van der Waals surface area contributed by atoms with Gasteiger partial charge in [-0.15, -0.1) is 0 Å². The third kappa shape index (κ3) is 5.38. The summed E-state index contributed by atoms with van der Waals surface area (Å²) < 4.78 is 0. The van der Waals surface area contributed by atoms with Gasteiger partial charge in [-0.25, -0.2) is 0 Å². The van der Waals surface area contributed by atoms with Crippen molar-refractivity contribution in [3.63, 3.8) is 0 Å². The highest BCUT2D eigenvalue weighted by atomic mass is 15.1. The summed E-state index contributed by atoms with van der Waals surface area (Å²) in [5.41, 5.74) is 10.2. The van der Waals surface area contributed by atoms with Gasteiger partial charge in [-0.1, -0.05) is 133 Å². The number of rotatable bonds is 7. The van der Waals surface area contributed by atoms with Crippen molar-refractivity contribution >= 4 is 50.0 Å². The number of para-hydroxylation sites is 2. The first-order chi connectivity index (χ1) is 22.8. The fraction of sp³-hybridized carbons (Fsp3) is 0. The minimum atomic E-state index is 1.04. The summed E-state index contributed by atoms with van der Waals surface area (Å²) in [7, 11) is 0. The lowest BCUT2D eigenvalue weighted by atomic mass is 9.97. The van der Waals surface area contributed by atoms with Gasteiger partial charge in [0.2, 0.25) is 0 Å². The summed E-state index contributed by atoms with van der Waals surface area (Å²) in [4.78, 5) is 2.32. The highest BCUT2D eigenvalue weighted by Crippen LogP contribution is 2.41. The van der Waals surface area contributed by atoms with Crippen LogP contribution in [-0.4, -0.2) is 0 Å². The van der Waals surface area contributed by atoms with E-state index in [1.54, 1.807) is 0 Å². The SMILES string of the molecule is c1ccc(-c2ccc3ccc(N(c4ccccc4)c4ccccc4)cc3c2Nc2ccc(-c3ccc4ccccc4c3)cc2)cc1.